The first-order valence-corrected chi connectivity index (χ1v) is 9.84. The number of rotatable bonds is 6. The third-order valence-electron chi connectivity index (χ3n) is 4.52. The number of nitrogens with two attached hydrogens (primary N) is 1. The molecule has 1 fully saturated rings. The second-order valence-electron chi connectivity index (χ2n) is 6.47. The van der Waals surface area contributed by atoms with Gasteiger partial charge in [-0.25, -0.2) is 13.6 Å². The van der Waals surface area contributed by atoms with Crippen molar-refractivity contribution in [3.8, 4) is 0 Å². The molecule has 0 aliphatic heterocycles. The van der Waals surface area contributed by atoms with Crippen molar-refractivity contribution in [2.24, 2.45) is 11.1 Å². The molecule has 0 bridgehead atoms. The summed E-state index contributed by atoms with van der Waals surface area (Å²) in [5.41, 5.74) is 1.05. The van der Waals surface area contributed by atoms with Gasteiger partial charge in [0.1, 0.15) is 0 Å². The third-order valence-corrected chi connectivity index (χ3v) is 5.57. The molecule has 3 N–H and O–H groups in total. The lowest BCUT2D eigenvalue weighted by molar-refractivity contribution is -0.116. The van der Waals surface area contributed by atoms with E-state index < -0.39 is 10.0 Å². The van der Waals surface area contributed by atoms with Crippen molar-refractivity contribution in [1.29, 1.82) is 0 Å². The van der Waals surface area contributed by atoms with Gasteiger partial charge in [-0.2, -0.15) is 0 Å². The van der Waals surface area contributed by atoms with Gasteiger partial charge < -0.3 is 5.32 Å². The van der Waals surface area contributed by atoms with Crippen LogP contribution in [0.1, 0.15) is 56.9 Å². The molecule has 2 rings (SSSR count). The van der Waals surface area contributed by atoms with Crippen molar-refractivity contribution in [2.45, 2.75) is 63.2 Å². The summed E-state index contributed by atoms with van der Waals surface area (Å²) in [5, 5.41) is 7.94. The molecule has 0 heterocycles. The Morgan fingerprint density at radius 1 is 1.26 bits per heavy atom. The summed E-state index contributed by atoms with van der Waals surface area (Å²) < 4.78 is 23.0. The van der Waals surface area contributed by atoms with Crippen LogP contribution in [-0.4, -0.2) is 14.3 Å². The van der Waals surface area contributed by atoms with Gasteiger partial charge in [0.25, 0.3) is 0 Å². The molecule has 0 spiro atoms. The zero-order chi connectivity index (χ0) is 16.9. The molecule has 128 valence electrons. The van der Waals surface area contributed by atoms with E-state index in [1.165, 1.54) is 38.2 Å². The van der Waals surface area contributed by atoms with Crippen LogP contribution in [0.25, 0.3) is 0 Å². The number of sulfonamides is 1. The standard InChI is InChI=1S/C17H26N2O3S/c1-13-10-11-15(12-16(13)23(18,21)22)19-17(20)9-5-8-14-6-3-2-4-7-14/h10-12,14H,2-9H2,1H3,(H,19,20)(H2,18,21,22). The Bertz CT molecular complexity index is 650. The lowest BCUT2D eigenvalue weighted by Crippen LogP contribution is -2.16. The molecule has 1 saturated carbocycles. The van der Waals surface area contributed by atoms with Crippen molar-refractivity contribution in [3.63, 3.8) is 0 Å². The first-order chi connectivity index (χ1) is 10.9. The number of carbonyl (C=O) groups excluding carboxylic acids is 1. The van der Waals surface area contributed by atoms with Crippen molar-refractivity contribution in [1.82, 2.24) is 0 Å². The van der Waals surface area contributed by atoms with Crippen LogP contribution in [0, 0.1) is 12.8 Å². The third kappa shape index (κ3) is 5.62. The first kappa shape index (κ1) is 17.9. The Kier molecular flexibility index (Phi) is 6.18. The summed E-state index contributed by atoms with van der Waals surface area (Å²) >= 11 is 0. The fraction of sp³-hybridized carbons (Fsp3) is 0.588. The molecule has 5 nitrogen and oxygen atoms in total. The largest absolute Gasteiger partial charge is 0.326 e. The van der Waals surface area contributed by atoms with Crippen LogP contribution < -0.4 is 10.5 Å². The normalized spacial score (nSPS) is 16.3. The van der Waals surface area contributed by atoms with Crippen LogP contribution in [0.15, 0.2) is 23.1 Å². The Hall–Kier alpha value is -1.40. The van der Waals surface area contributed by atoms with Gasteiger partial charge in [0.05, 0.1) is 4.90 Å². The number of amides is 1. The topological polar surface area (TPSA) is 89.3 Å². The van der Waals surface area contributed by atoms with Gasteiger partial charge in [-0.15, -0.1) is 0 Å². The number of primary sulfonamides is 1. The predicted molar refractivity (Wildman–Crippen MR) is 91.6 cm³/mol. The molecule has 0 unspecified atom stereocenters. The molecule has 0 aromatic heterocycles. The molecule has 1 amide bonds. The van der Waals surface area contributed by atoms with Gasteiger partial charge in [0.2, 0.25) is 15.9 Å². The quantitative estimate of drug-likeness (QED) is 0.833. The molecule has 0 atom stereocenters. The summed E-state index contributed by atoms with van der Waals surface area (Å²) in [7, 11) is -3.77. The van der Waals surface area contributed by atoms with Crippen LogP contribution in [0.5, 0.6) is 0 Å². The fourth-order valence-electron chi connectivity index (χ4n) is 3.23. The molecular weight excluding hydrogens is 312 g/mol. The number of hydrogen-bond acceptors (Lipinski definition) is 3. The maximum atomic E-state index is 12.0. The number of aryl methyl sites for hydroxylation is 1. The van der Waals surface area contributed by atoms with Crippen molar-refractivity contribution >= 4 is 21.6 Å². The van der Waals surface area contributed by atoms with E-state index in [4.69, 9.17) is 5.14 Å². The SMILES string of the molecule is Cc1ccc(NC(=O)CCCC2CCCCC2)cc1S(N)(=O)=O. The lowest BCUT2D eigenvalue weighted by Gasteiger charge is -2.21. The van der Waals surface area contributed by atoms with Gasteiger partial charge >= 0.3 is 0 Å². The lowest BCUT2D eigenvalue weighted by atomic mass is 9.86. The second-order valence-corrected chi connectivity index (χ2v) is 8.00. The average Bonchev–Trinajstić information content (AvgIpc) is 2.49. The highest BCUT2D eigenvalue weighted by molar-refractivity contribution is 7.89. The Labute approximate surface area is 138 Å². The minimum Gasteiger partial charge on any atom is -0.326 e. The van der Waals surface area contributed by atoms with Crippen LogP contribution in [-0.2, 0) is 14.8 Å². The van der Waals surface area contributed by atoms with E-state index >= 15 is 0 Å². The van der Waals surface area contributed by atoms with Crippen molar-refractivity contribution in [3.05, 3.63) is 23.8 Å². The molecule has 23 heavy (non-hydrogen) atoms. The maximum Gasteiger partial charge on any atom is 0.238 e. The Morgan fingerprint density at radius 2 is 1.96 bits per heavy atom. The van der Waals surface area contributed by atoms with Gasteiger partial charge in [-0.1, -0.05) is 38.2 Å². The van der Waals surface area contributed by atoms with Gasteiger partial charge in [-0.3, -0.25) is 4.79 Å². The van der Waals surface area contributed by atoms with Gasteiger partial charge in [0, 0.05) is 12.1 Å². The minimum atomic E-state index is -3.77. The maximum absolute atomic E-state index is 12.0. The molecule has 1 aromatic carbocycles. The summed E-state index contributed by atoms with van der Waals surface area (Å²) in [6.45, 7) is 1.68. The molecule has 1 aromatic rings. The number of anilines is 1. The van der Waals surface area contributed by atoms with Crippen LogP contribution in [0.4, 0.5) is 5.69 Å². The summed E-state index contributed by atoms with van der Waals surface area (Å²) in [6, 6.07) is 4.77. The number of benzene rings is 1. The highest BCUT2D eigenvalue weighted by Gasteiger charge is 2.15. The van der Waals surface area contributed by atoms with Gasteiger partial charge in [0.15, 0.2) is 0 Å². The van der Waals surface area contributed by atoms with Crippen LogP contribution >= 0.6 is 0 Å². The van der Waals surface area contributed by atoms with Crippen LogP contribution in [0.3, 0.4) is 0 Å². The van der Waals surface area contributed by atoms with E-state index in [2.05, 4.69) is 5.32 Å². The molecule has 1 aliphatic carbocycles. The second kappa shape index (κ2) is 7.93. The smallest absolute Gasteiger partial charge is 0.238 e. The summed E-state index contributed by atoms with van der Waals surface area (Å²) in [4.78, 5) is 12.1. The van der Waals surface area contributed by atoms with E-state index in [9.17, 15) is 13.2 Å². The predicted octanol–water partition coefficient (Wildman–Crippen LogP) is 3.33. The van der Waals surface area contributed by atoms with Gasteiger partial charge in [-0.05, 0) is 43.4 Å². The highest BCUT2D eigenvalue weighted by Crippen LogP contribution is 2.27. The van der Waals surface area contributed by atoms with E-state index in [-0.39, 0.29) is 10.8 Å². The zero-order valence-corrected chi connectivity index (χ0v) is 14.5. The first-order valence-electron chi connectivity index (χ1n) is 8.29. The van der Waals surface area contributed by atoms with E-state index in [1.807, 2.05) is 0 Å². The number of nitrogens with one attached hydrogen (secondary N) is 1. The van der Waals surface area contributed by atoms with Crippen LogP contribution in [0.2, 0.25) is 0 Å². The monoisotopic (exact) mass is 338 g/mol. The zero-order valence-electron chi connectivity index (χ0n) is 13.7. The molecule has 0 saturated heterocycles. The Morgan fingerprint density at radius 3 is 2.61 bits per heavy atom. The van der Waals surface area contributed by atoms with E-state index in [0.29, 0.717) is 17.7 Å². The Balaban J connectivity index is 1.85. The summed E-state index contributed by atoms with van der Waals surface area (Å²) in [5.74, 6) is 0.690. The molecule has 6 heteroatoms. The molecule has 0 radical (unpaired) electrons. The number of hydrogen-bond donors (Lipinski definition) is 2. The summed E-state index contributed by atoms with van der Waals surface area (Å²) in [6.07, 6.45) is 9.00. The fourth-order valence-corrected chi connectivity index (χ4v) is 4.04. The number of carbonyl (C=O) groups is 1. The molecular formula is C17H26N2O3S. The van der Waals surface area contributed by atoms with Crippen molar-refractivity contribution in [2.75, 3.05) is 5.32 Å². The minimum absolute atomic E-state index is 0.0532. The van der Waals surface area contributed by atoms with Crippen molar-refractivity contribution < 1.29 is 13.2 Å². The molecule has 1 aliphatic rings. The highest BCUT2D eigenvalue weighted by atomic mass is 32.2. The van der Waals surface area contributed by atoms with E-state index in [0.717, 1.165) is 18.8 Å². The van der Waals surface area contributed by atoms with E-state index in [1.54, 1.807) is 19.1 Å². The average molecular weight is 338 g/mol.